The Kier molecular flexibility index (Phi) is 2.68. The molecule has 0 saturated heterocycles. The molecule has 0 bridgehead atoms. The van der Waals surface area contributed by atoms with Gasteiger partial charge in [0.05, 0.1) is 5.75 Å². The minimum absolute atomic E-state index is 0.256. The topological polar surface area (TPSA) is 60.2 Å². The van der Waals surface area contributed by atoms with E-state index in [1.165, 1.54) is 18.2 Å². The molecule has 0 unspecified atom stereocenters. The van der Waals surface area contributed by atoms with E-state index in [0.717, 1.165) is 0 Å². The third kappa shape index (κ3) is 3.12. The van der Waals surface area contributed by atoms with Crippen molar-refractivity contribution in [3.05, 3.63) is 35.1 Å². The fourth-order valence-corrected chi connectivity index (χ4v) is 1.67. The lowest BCUT2D eigenvalue weighted by Gasteiger charge is -2.01. The molecule has 0 heterocycles. The molecule has 0 radical (unpaired) electrons. The summed E-state index contributed by atoms with van der Waals surface area (Å²) >= 11 is 0. The Morgan fingerprint density at radius 2 is 2.08 bits per heavy atom. The lowest BCUT2D eigenvalue weighted by atomic mass is 10.1. The van der Waals surface area contributed by atoms with Crippen LogP contribution < -0.4 is 5.14 Å². The molecule has 1 aromatic carbocycles. The molecule has 13 heavy (non-hydrogen) atoms. The number of hydrogen-bond acceptors (Lipinski definition) is 2. The average molecular weight is 203 g/mol. The second-order valence-electron chi connectivity index (χ2n) is 2.89. The zero-order valence-corrected chi connectivity index (χ0v) is 7.94. The molecular formula is C8H10FNO2S. The van der Waals surface area contributed by atoms with E-state index in [0.29, 0.717) is 11.1 Å². The van der Waals surface area contributed by atoms with Crippen molar-refractivity contribution < 1.29 is 12.8 Å². The molecular weight excluding hydrogens is 193 g/mol. The maximum absolute atomic E-state index is 12.8. The van der Waals surface area contributed by atoms with E-state index in [1.807, 2.05) is 0 Å². The Hall–Kier alpha value is -0.940. The highest BCUT2D eigenvalue weighted by molar-refractivity contribution is 7.88. The SMILES string of the molecule is Cc1cc(CS(N)(=O)=O)ccc1F. The molecule has 72 valence electrons. The van der Waals surface area contributed by atoms with Crippen LogP contribution >= 0.6 is 0 Å². The van der Waals surface area contributed by atoms with Crippen LogP contribution in [0.5, 0.6) is 0 Å². The average Bonchev–Trinajstić information content (AvgIpc) is 1.94. The van der Waals surface area contributed by atoms with Gasteiger partial charge in [-0.15, -0.1) is 0 Å². The molecule has 3 nitrogen and oxygen atoms in total. The van der Waals surface area contributed by atoms with Gasteiger partial charge in [-0.2, -0.15) is 0 Å². The summed E-state index contributed by atoms with van der Waals surface area (Å²) in [5.74, 6) is -0.605. The number of halogens is 1. The van der Waals surface area contributed by atoms with Gasteiger partial charge >= 0.3 is 0 Å². The van der Waals surface area contributed by atoms with Crippen LogP contribution in [0.15, 0.2) is 18.2 Å². The summed E-state index contributed by atoms with van der Waals surface area (Å²) in [6.45, 7) is 1.57. The fourth-order valence-electron chi connectivity index (χ4n) is 1.03. The van der Waals surface area contributed by atoms with Crippen molar-refractivity contribution in [3.8, 4) is 0 Å². The first-order valence-electron chi connectivity index (χ1n) is 3.64. The van der Waals surface area contributed by atoms with Gasteiger partial charge in [0.2, 0.25) is 10.0 Å². The van der Waals surface area contributed by atoms with Gasteiger partial charge in [0.1, 0.15) is 5.82 Å². The Morgan fingerprint density at radius 3 is 2.54 bits per heavy atom. The van der Waals surface area contributed by atoms with Crippen LogP contribution in [0.25, 0.3) is 0 Å². The zero-order chi connectivity index (χ0) is 10.1. The van der Waals surface area contributed by atoms with Crippen molar-refractivity contribution in [2.24, 2.45) is 5.14 Å². The number of nitrogens with two attached hydrogens (primary N) is 1. The smallest absolute Gasteiger partial charge is 0.213 e. The quantitative estimate of drug-likeness (QED) is 0.777. The number of primary sulfonamides is 1. The lowest BCUT2D eigenvalue weighted by Crippen LogP contribution is -2.14. The minimum Gasteiger partial charge on any atom is -0.228 e. The molecule has 0 aliphatic heterocycles. The third-order valence-corrected chi connectivity index (χ3v) is 2.33. The first kappa shape index (κ1) is 10.1. The van der Waals surface area contributed by atoms with E-state index in [-0.39, 0.29) is 11.6 Å². The Morgan fingerprint density at radius 1 is 1.46 bits per heavy atom. The van der Waals surface area contributed by atoms with Crippen molar-refractivity contribution in [2.75, 3.05) is 0 Å². The summed E-state index contributed by atoms with van der Waals surface area (Å²) in [5, 5.41) is 4.83. The summed E-state index contributed by atoms with van der Waals surface area (Å²) in [6.07, 6.45) is 0. The predicted molar refractivity (Wildman–Crippen MR) is 47.9 cm³/mol. The molecule has 0 spiro atoms. The molecule has 5 heteroatoms. The molecule has 0 fully saturated rings. The lowest BCUT2D eigenvalue weighted by molar-refractivity contribution is 0.596. The molecule has 0 aliphatic rings. The van der Waals surface area contributed by atoms with E-state index in [9.17, 15) is 12.8 Å². The molecule has 0 saturated carbocycles. The van der Waals surface area contributed by atoms with E-state index in [4.69, 9.17) is 5.14 Å². The van der Waals surface area contributed by atoms with E-state index < -0.39 is 10.0 Å². The normalized spacial score (nSPS) is 11.6. The predicted octanol–water partition coefficient (Wildman–Crippen LogP) is 0.923. The highest BCUT2D eigenvalue weighted by Gasteiger charge is 2.06. The molecule has 0 aliphatic carbocycles. The van der Waals surface area contributed by atoms with Crippen LogP contribution in [0.3, 0.4) is 0 Å². The molecule has 0 atom stereocenters. The zero-order valence-electron chi connectivity index (χ0n) is 7.12. The molecule has 1 aromatic rings. The van der Waals surface area contributed by atoms with Crippen molar-refractivity contribution in [1.82, 2.24) is 0 Å². The van der Waals surface area contributed by atoms with E-state index >= 15 is 0 Å². The summed E-state index contributed by atoms with van der Waals surface area (Å²) in [4.78, 5) is 0. The number of rotatable bonds is 2. The number of benzene rings is 1. The number of aryl methyl sites for hydroxylation is 1. The second kappa shape index (κ2) is 3.43. The monoisotopic (exact) mass is 203 g/mol. The van der Waals surface area contributed by atoms with E-state index in [1.54, 1.807) is 6.92 Å². The maximum atomic E-state index is 12.8. The summed E-state index contributed by atoms with van der Waals surface area (Å²) in [5.41, 5.74) is 0.919. The molecule has 1 rings (SSSR count). The van der Waals surface area contributed by atoms with Crippen LogP contribution in [-0.4, -0.2) is 8.42 Å². The summed E-state index contributed by atoms with van der Waals surface area (Å²) < 4.78 is 34.1. The second-order valence-corrected chi connectivity index (χ2v) is 4.51. The Balaban J connectivity index is 2.99. The van der Waals surface area contributed by atoms with Crippen LogP contribution in [0.2, 0.25) is 0 Å². The van der Waals surface area contributed by atoms with Crippen LogP contribution in [0.1, 0.15) is 11.1 Å². The van der Waals surface area contributed by atoms with Gasteiger partial charge < -0.3 is 0 Å². The largest absolute Gasteiger partial charge is 0.228 e. The highest BCUT2D eigenvalue weighted by atomic mass is 32.2. The van der Waals surface area contributed by atoms with Crippen molar-refractivity contribution in [3.63, 3.8) is 0 Å². The van der Waals surface area contributed by atoms with Crippen molar-refractivity contribution in [2.45, 2.75) is 12.7 Å². The van der Waals surface area contributed by atoms with E-state index in [2.05, 4.69) is 0 Å². The maximum Gasteiger partial charge on any atom is 0.213 e. The van der Waals surface area contributed by atoms with Crippen LogP contribution in [0.4, 0.5) is 4.39 Å². The molecule has 0 aromatic heterocycles. The van der Waals surface area contributed by atoms with Crippen LogP contribution in [0, 0.1) is 12.7 Å². The first-order chi connectivity index (χ1) is 5.88. The highest BCUT2D eigenvalue weighted by Crippen LogP contribution is 2.10. The van der Waals surface area contributed by atoms with Crippen LogP contribution in [-0.2, 0) is 15.8 Å². The van der Waals surface area contributed by atoms with Crippen molar-refractivity contribution >= 4 is 10.0 Å². The van der Waals surface area contributed by atoms with Crippen molar-refractivity contribution in [1.29, 1.82) is 0 Å². The van der Waals surface area contributed by atoms with Gasteiger partial charge in [-0.05, 0) is 24.1 Å². The van der Waals surface area contributed by atoms with Gasteiger partial charge in [0.25, 0.3) is 0 Å². The van der Waals surface area contributed by atoms with Gasteiger partial charge in [-0.3, -0.25) is 0 Å². The Bertz CT molecular complexity index is 414. The van der Waals surface area contributed by atoms with Gasteiger partial charge in [-0.25, -0.2) is 17.9 Å². The van der Waals surface area contributed by atoms with Gasteiger partial charge in [0.15, 0.2) is 0 Å². The summed E-state index contributed by atoms with van der Waals surface area (Å²) in [6, 6.07) is 4.11. The van der Waals surface area contributed by atoms with Gasteiger partial charge in [-0.1, -0.05) is 12.1 Å². The fraction of sp³-hybridized carbons (Fsp3) is 0.250. The van der Waals surface area contributed by atoms with Gasteiger partial charge in [0, 0.05) is 0 Å². The summed E-state index contributed by atoms with van der Waals surface area (Å²) in [7, 11) is -3.53. The third-order valence-electron chi connectivity index (χ3n) is 1.59. The molecule has 0 amide bonds. The Labute approximate surface area is 76.4 Å². The number of sulfonamides is 1. The number of hydrogen-bond donors (Lipinski definition) is 1. The molecule has 2 N–H and O–H groups in total. The standard InChI is InChI=1S/C8H10FNO2S/c1-6-4-7(2-3-8(6)9)5-13(10,11)12/h2-4H,5H2,1H3,(H2,10,11,12). The first-order valence-corrected chi connectivity index (χ1v) is 5.35. The minimum atomic E-state index is -3.53.